The molecule has 5 nitrogen and oxygen atoms in total. The van der Waals surface area contributed by atoms with Crippen molar-refractivity contribution in [1.29, 1.82) is 0 Å². The normalized spacial score (nSPS) is 12.0. The largest absolute Gasteiger partial charge is 0.492 e. The number of benzene rings is 3. The molecule has 1 atom stereocenters. The van der Waals surface area contributed by atoms with E-state index in [9.17, 15) is 4.79 Å². The van der Waals surface area contributed by atoms with Crippen LogP contribution in [-0.2, 0) is 6.54 Å². The zero-order valence-corrected chi connectivity index (χ0v) is 19.1. The molecule has 6 heteroatoms. The number of carbonyl (C=O) groups excluding carboxylic acids is 1. The van der Waals surface area contributed by atoms with Gasteiger partial charge in [-0.1, -0.05) is 40.2 Å². The third-order valence-corrected chi connectivity index (χ3v) is 5.63. The maximum Gasteiger partial charge on any atom is 0.251 e. The first kappa shape index (κ1) is 21.1. The SMILES string of the molecule is Cc1cccc(OCCn2c(C(C)NC(=O)c3ccc(Br)cc3)nc3ccccc32)c1. The van der Waals surface area contributed by atoms with Gasteiger partial charge in [-0.3, -0.25) is 4.79 Å². The number of halogens is 1. The van der Waals surface area contributed by atoms with E-state index >= 15 is 0 Å². The first-order valence-electron chi connectivity index (χ1n) is 10.2. The Morgan fingerprint density at radius 1 is 1.10 bits per heavy atom. The molecule has 31 heavy (non-hydrogen) atoms. The predicted octanol–water partition coefficient (Wildman–Crippen LogP) is 5.68. The van der Waals surface area contributed by atoms with E-state index in [1.807, 2.05) is 74.5 Å². The lowest BCUT2D eigenvalue weighted by atomic mass is 10.2. The van der Waals surface area contributed by atoms with Crippen LogP contribution in [0.15, 0.2) is 77.3 Å². The average Bonchev–Trinajstić information content (AvgIpc) is 3.13. The molecule has 0 bridgehead atoms. The summed E-state index contributed by atoms with van der Waals surface area (Å²) < 4.78 is 9.03. The van der Waals surface area contributed by atoms with Crippen molar-refractivity contribution < 1.29 is 9.53 Å². The van der Waals surface area contributed by atoms with Gasteiger partial charge in [0.1, 0.15) is 18.2 Å². The van der Waals surface area contributed by atoms with Crippen molar-refractivity contribution in [2.24, 2.45) is 0 Å². The number of hydrogen-bond acceptors (Lipinski definition) is 3. The summed E-state index contributed by atoms with van der Waals surface area (Å²) in [6, 6.07) is 23.1. The molecule has 0 spiro atoms. The van der Waals surface area contributed by atoms with Crippen LogP contribution in [0.1, 0.15) is 34.7 Å². The van der Waals surface area contributed by atoms with Crippen LogP contribution in [0.5, 0.6) is 5.75 Å². The molecule has 0 aliphatic carbocycles. The number of para-hydroxylation sites is 2. The highest BCUT2D eigenvalue weighted by Gasteiger charge is 2.19. The molecule has 1 amide bonds. The number of aromatic nitrogens is 2. The van der Waals surface area contributed by atoms with Crippen LogP contribution in [0.25, 0.3) is 11.0 Å². The first-order valence-corrected chi connectivity index (χ1v) is 11.0. The summed E-state index contributed by atoms with van der Waals surface area (Å²) in [5.74, 6) is 1.52. The molecule has 0 aliphatic rings. The van der Waals surface area contributed by atoms with Gasteiger partial charge >= 0.3 is 0 Å². The minimum Gasteiger partial charge on any atom is -0.492 e. The molecule has 0 saturated heterocycles. The summed E-state index contributed by atoms with van der Waals surface area (Å²) in [6.45, 7) is 5.13. The number of carbonyl (C=O) groups is 1. The Morgan fingerprint density at radius 2 is 1.87 bits per heavy atom. The second kappa shape index (κ2) is 9.35. The zero-order chi connectivity index (χ0) is 21.8. The number of imidazole rings is 1. The van der Waals surface area contributed by atoms with E-state index in [0.29, 0.717) is 18.7 Å². The minimum atomic E-state index is -0.262. The Bertz CT molecular complexity index is 1200. The molecule has 0 radical (unpaired) electrons. The Hall–Kier alpha value is -3.12. The monoisotopic (exact) mass is 477 g/mol. The lowest BCUT2D eigenvalue weighted by molar-refractivity contribution is 0.0937. The third-order valence-electron chi connectivity index (χ3n) is 5.10. The molecule has 0 aliphatic heterocycles. The van der Waals surface area contributed by atoms with Gasteiger partial charge in [-0.25, -0.2) is 4.98 Å². The number of rotatable bonds is 7. The van der Waals surface area contributed by atoms with Crippen LogP contribution in [-0.4, -0.2) is 22.1 Å². The van der Waals surface area contributed by atoms with Gasteiger partial charge in [-0.2, -0.15) is 0 Å². The van der Waals surface area contributed by atoms with Crippen molar-refractivity contribution in [3.8, 4) is 5.75 Å². The molecule has 158 valence electrons. The van der Waals surface area contributed by atoms with E-state index in [1.54, 1.807) is 12.1 Å². The van der Waals surface area contributed by atoms with Crippen molar-refractivity contribution >= 4 is 32.9 Å². The lowest BCUT2D eigenvalue weighted by Crippen LogP contribution is -2.29. The highest BCUT2D eigenvalue weighted by molar-refractivity contribution is 9.10. The Kier molecular flexibility index (Phi) is 6.37. The maximum atomic E-state index is 12.7. The van der Waals surface area contributed by atoms with Crippen molar-refractivity contribution in [1.82, 2.24) is 14.9 Å². The third kappa shape index (κ3) is 4.97. The summed E-state index contributed by atoms with van der Waals surface area (Å²) in [7, 11) is 0. The van der Waals surface area contributed by atoms with E-state index in [2.05, 4.69) is 25.8 Å². The molecule has 4 rings (SSSR count). The van der Waals surface area contributed by atoms with Gasteiger partial charge in [0.15, 0.2) is 0 Å². The maximum absolute atomic E-state index is 12.7. The van der Waals surface area contributed by atoms with Crippen LogP contribution < -0.4 is 10.1 Å². The first-order chi connectivity index (χ1) is 15.0. The summed E-state index contributed by atoms with van der Waals surface area (Å²) >= 11 is 3.40. The van der Waals surface area contributed by atoms with E-state index in [0.717, 1.165) is 32.6 Å². The molecule has 1 unspecified atom stereocenters. The molecular weight excluding hydrogens is 454 g/mol. The zero-order valence-electron chi connectivity index (χ0n) is 17.5. The second-order valence-electron chi connectivity index (χ2n) is 7.48. The average molecular weight is 478 g/mol. The van der Waals surface area contributed by atoms with Crippen LogP contribution >= 0.6 is 15.9 Å². The Balaban J connectivity index is 1.53. The Morgan fingerprint density at radius 3 is 2.65 bits per heavy atom. The smallest absolute Gasteiger partial charge is 0.251 e. The van der Waals surface area contributed by atoms with Gasteiger partial charge < -0.3 is 14.6 Å². The van der Waals surface area contributed by atoms with Crippen LogP contribution in [0.3, 0.4) is 0 Å². The fourth-order valence-electron chi connectivity index (χ4n) is 3.57. The van der Waals surface area contributed by atoms with Crippen LogP contribution in [0, 0.1) is 6.92 Å². The van der Waals surface area contributed by atoms with Gasteiger partial charge in [0.05, 0.1) is 23.6 Å². The fraction of sp³-hybridized carbons (Fsp3) is 0.200. The quantitative estimate of drug-likeness (QED) is 0.372. The molecular formula is C25H24BrN3O2. The number of nitrogens with zero attached hydrogens (tertiary/aromatic N) is 2. The number of fused-ring (bicyclic) bond motifs is 1. The van der Waals surface area contributed by atoms with Gasteiger partial charge in [0.25, 0.3) is 5.91 Å². The van der Waals surface area contributed by atoms with Crippen LogP contribution in [0.2, 0.25) is 0 Å². The van der Waals surface area contributed by atoms with Gasteiger partial charge in [0, 0.05) is 10.0 Å². The predicted molar refractivity (Wildman–Crippen MR) is 126 cm³/mol. The summed E-state index contributed by atoms with van der Waals surface area (Å²) in [4.78, 5) is 17.5. The van der Waals surface area contributed by atoms with Gasteiger partial charge in [-0.05, 0) is 67.9 Å². The standard InChI is InChI=1S/C25H24BrN3O2/c1-17-6-5-7-21(16-17)31-15-14-29-23-9-4-3-8-22(23)28-24(29)18(2)27-25(30)19-10-12-20(26)13-11-19/h3-13,16,18H,14-15H2,1-2H3,(H,27,30). The highest BCUT2D eigenvalue weighted by atomic mass is 79.9. The van der Waals surface area contributed by atoms with E-state index in [4.69, 9.17) is 9.72 Å². The molecule has 1 aromatic heterocycles. The van der Waals surface area contributed by atoms with Crippen LogP contribution in [0.4, 0.5) is 0 Å². The summed E-state index contributed by atoms with van der Waals surface area (Å²) in [5, 5.41) is 3.07. The van der Waals surface area contributed by atoms with Gasteiger partial charge in [0.2, 0.25) is 0 Å². The van der Waals surface area contributed by atoms with Gasteiger partial charge in [-0.15, -0.1) is 0 Å². The number of nitrogens with one attached hydrogen (secondary N) is 1. The lowest BCUT2D eigenvalue weighted by Gasteiger charge is -2.17. The fourth-order valence-corrected chi connectivity index (χ4v) is 3.83. The molecule has 0 saturated carbocycles. The highest BCUT2D eigenvalue weighted by Crippen LogP contribution is 2.22. The topological polar surface area (TPSA) is 56.1 Å². The molecule has 3 aromatic carbocycles. The Labute approximate surface area is 190 Å². The summed E-state index contributed by atoms with van der Waals surface area (Å²) in [6.07, 6.45) is 0. The summed E-state index contributed by atoms with van der Waals surface area (Å²) in [5.41, 5.74) is 3.70. The molecule has 1 heterocycles. The van der Waals surface area contributed by atoms with Crippen molar-refractivity contribution in [3.05, 3.63) is 94.2 Å². The number of hydrogen-bond donors (Lipinski definition) is 1. The molecule has 1 N–H and O–H groups in total. The van der Waals surface area contributed by atoms with E-state index in [-0.39, 0.29) is 11.9 Å². The van der Waals surface area contributed by atoms with E-state index in [1.165, 1.54) is 0 Å². The van der Waals surface area contributed by atoms with E-state index < -0.39 is 0 Å². The van der Waals surface area contributed by atoms with Crippen molar-refractivity contribution in [2.45, 2.75) is 26.4 Å². The minimum absolute atomic E-state index is 0.130. The second-order valence-corrected chi connectivity index (χ2v) is 8.39. The number of amides is 1. The van der Waals surface area contributed by atoms with Crippen molar-refractivity contribution in [2.75, 3.05) is 6.61 Å². The number of aryl methyl sites for hydroxylation is 1. The molecule has 4 aromatic rings. The number of ether oxygens (including phenoxy) is 1. The molecule has 0 fully saturated rings. The van der Waals surface area contributed by atoms with Crippen molar-refractivity contribution in [3.63, 3.8) is 0 Å².